The van der Waals surface area contributed by atoms with E-state index < -0.39 is 0 Å². The summed E-state index contributed by atoms with van der Waals surface area (Å²) in [7, 11) is 0. The Balaban J connectivity index is 2.04. The SMILES string of the molecule is CC(NCc1cccs1)c1cc(Cl)ccc1Cl. The molecule has 2 rings (SSSR count). The number of nitrogens with one attached hydrogen (secondary N) is 1. The molecule has 90 valence electrons. The topological polar surface area (TPSA) is 12.0 Å². The summed E-state index contributed by atoms with van der Waals surface area (Å²) >= 11 is 13.9. The molecule has 0 aliphatic rings. The number of thiophene rings is 1. The van der Waals surface area contributed by atoms with E-state index in [1.54, 1.807) is 17.4 Å². The van der Waals surface area contributed by atoms with Gasteiger partial charge in [0.05, 0.1) is 0 Å². The zero-order chi connectivity index (χ0) is 12.3. The standard InChI is InChI=1S/C13H13Cl2NS/c1-9(16-8-11-3-2-6-17-11)12-7-10(14)4-5-13(12)15/h2-7,9,16H,8H2,1H3. The molecule has 17 heavy (non-hydrogen) atoms. The number of benzene rings is 1. The van der Waals surface area contributed by atoms with Crippen molar-refractivity contribution < 1.29 is 0 Å². The minimum Gasteiger partial charge on any atom is -0.305 e. The smallest absolute Gasteiger partial charge is 0.0454 e. The van der Waals surface area contributed by atoms with Gasteiger partial charge in [-0.15, -0.1) is 11.3 Å². The second-order valence-electron chi connectivity index (χ2n) is 3.85. The highest BCUT2D eigenvalue weighted by Crippen LogP contribution is 2.26. The molecule has 1 N–H and O–H groups in total. The fourth-order valence-electron chi connectivity index (χ4n) is 1.62. The Morgan fingerprint density at radius 3 is 2.82 bits per heavy atom. The van der Waals surface area contributed by atoms with Crippen molar-refractivity contribution in [3.63, 3.8) is 0 Å². The summed E-state index contributed by atoms with van der Waals surface area (Å²) in [6.07, 6.45) is 0. The van der Waals surface area contributed by atoms with Gasteiger partial charge in [0, 0.05) is 27.5 Å². The molecule has 1 aromatic carbocycles. The van der Waals surface area contributed by atoms with E-state index in [9.17, 15) is 0 Å². The molecule has 0 spiro atoms. The van der Waals surface area contributed by atoms with Gasteiger partial charge in [-0.2, -0.15) is 0 Å². The maximum absolute atomic E-state index is 6.16. The van der Waals surface area contributed by atoms with Crippen LogP contribution in [0, 0.1) is 0 Å². The minimum absolute atomic E-state index is 0.184. The summed E-state index contributed by atoms with van der Waals surface area (Å²) in [5, 5.41) is 6.98. The monoisotopic (exact) mass is 285 g/mol. The van der Waals surface area contributed by atoms with E-state index in [2.05, 4.69) is 29.8 Å². The van der Waals surface area contributed by atoms with Crippen molar-refractivity contribution in [2.45, 2.75) is 19.5 Å². The van der Waals surface area contributed by atoms with Crippen molar-refractivity contribution in [1.29, 1.82) is 0 Å². The van der Waals surface area contributed by atoms with Crippen molar-refractivity contribution >= 4 is 34.5 Å². The van der Waals surface area contributed by atoms with Gasteiger partial charge in [-0.3, -0.25) is 0 Å². The lowest BCUT2D eigenvalue weighted by atomic mass is 10.1. The highest BCUT2D eigenvalue weighted by atomic mass is 35.5. The van der Waals surface area contributed by atoms with E-state index >= 15 is 0 Å². The third kappa shape index (κ3) is 3.46. The van der Waals surface area contributed by atoms with Crippen LogP contribution in [0.3, 0.4) is 0 Å². The Hall–Kier alpha value is -0.540. The predicted molar refractivity (Wildman–Crippen MR) is 76.0 cm³/mol. The Labute approximate surface area is 115 Å². The van der Waals surface area contributed by atoms with Gasteiger partial charge in [-0.25, -0.2) is 0 Å². The average Bonchev–Trinajstić information content (AvgIpc) is 2.82. The van der Waals surface area contributed by atoms with Crippen LogP contribution in [-0.2, 0) is 6.54 Å². The lowest BCUT2D eigenvalue weighted by Crippen LogP contribution is -2.17. The van der Waals surface area contributed by atoms with Gasteiger partial charge in [0.1, 0.15) is 0 Å². The Bertz CT molecular complexity index is 482. The first-order chi connectivity index (χ1) is 8.16. The molecule has 0 aliphatic heterocycles. The molecule has 0 bridgehead atoms. The molecule has 4 heteroatoms. The third-order valence-electron chi connectivity index (χ3n) is 2.59. The molecular formula is C13H13Cl2NS. The molecule has 0 saturated carbocycles. The molecule has 0 saturated heterocycles. The summed E-state index contributed by atoms with van der Waals surface area (Å²) in [4.78, 5) is 1.31. The van der Waals surface area contributed by atoms with Gasteiger partial charge >= 0.3 is 0 Å². The van der Waals surface area contributed by atoms with Crippen LogP contribution < -0.4 is 5.32 Å². The van der Waals surface area contributed by atoms with E-state index in [1.165, 1.54) is 4.88 Å². The van der Waals surface area contributed by atoms with E-state index in [0.717, 1.165) is 17.1 Å². The molecule has 1 unspecified atom stereocenters. The fourth-order valence-corrected chi connectivity index (χ4v) is 2.74. The molecule has 1 atom stereocenters. The van der Waals surface area contributed by atoms with E-state index in [4.69, 9.17) is 23.2 Å². The Morgan fingerprint density at radius 1 is 1.29 bits per heavy atom. The molecule has 0 amide bonds. The summed E-state index contributed by atoms with van der Waals surface area (Å²) < 4.78 is 0. The van der Waals surface area contributed by atoms with Crippen LogP contribution in [0.4, 0.5) is 0 Å². The number of hydrogen-bond acceptors (Lipinski definition) is 2. The Morgan fingerprint density at radius 2 is 2.12 bits per heavy atom. The van der Waals surface area contributed by atoms with Crippen molar-refractivity contribution in [2.75, 3.05) is 0 Å². The van der Waals surface area contributed by atoms with Crippen LogP contribution in [0.15, 0.2) is 35.7 Å². The molecule has 0 aliphatic carbocycles. The van der Waals surface area contributed by atoms with E-state index in [-0.39, 0.29) is 6.04 Å². The summed E-state index contributed by atoms with van der Waals surface area (Å²) in [6, 6.07) is 9.91. The van der Waals surface area contributed by atoms with Gasteiger partial charge in [0.2, 0.25) is 0 Å². The van der Waals surface area contributed by atoms with Crippen LogP contribution in [0.25, 0.3) is 0 Å². The van der Waals surface area contributed by atoms with Crippen LogP contribution in [0.1, 0.15) is 23.4 Å². The van der Waals surface area contributed by atoms with Crippen molar-refractivity contribution in [3.8, 4) is 0 Å². The van der Waals surface area contributed by atoms with Crippen molar-refractivity contribution in [3.05, 3.63) is 56.2 Å². The normalized spacial score (nSPS) is 12.6. The van der Waals surface area contributed by atoms with Gasteiger partial charge in [-0.05, 0) is 42.1 Å². The van der Waals surface area contributed by atoms with Crippen LogP contribution in [0.2, 0.25) is 10.0 Å². The lowest BCUT2D eigenvalue weighted by Gasteiger charge is -2.15. The maximum atomic E-state index is 6.16. The molecule has 1 aromatic heterocycles. The first-order valence-electron chi connectivity index (χ1n) is 5.37. The van der Waals surface area contributed by atoms with Crippen molar-refractivity contribution in [2.24, 2.45) is 0 Å². The predicted octanol–water partition coefficient (Wildman–Crippen LogP) is 4.91. The van der Waals surface area contributed by atoms with Gasteiger partial charge in [-0.1, -0.05) is 29.3 Å². The fraction of sp³-hybridized carbons (Fsp3) is 0.231. The van der Waals surface area contributed by atoms with Crippen molar-refractivity contribution in [1.82, 2.24) is 5.32 Å². The zero-order valence-corrected chi connectivity index (χ0v) is 11.7. The highest BCUT2D eigenvalue weighted by Gasteiger charge is 2.09. The quantitative estimate of drug-likeness (QED) is 0.842. The van der Waals surface area contributed by atoms with Crippen LogP contribution >= 0.6 is 34.5 Å². The third-order valence-corrected chi connectivity index (χ3v) is 4.04. The molecular weight excluding hydrogens is 273 g/mol. The van der Waals surface area contributed by atoms with E-state index in [1.807, 2.05) is 12.1 Å². The molecule has 0 fully saturated rings. The summed E-state index contributed by atoms with van der Waals surface area (Å²) in [5.74, 6) is 0. The number of halogens is 2. The van der Waals surface area contributed by atoms with Gasteiger partial charge < -0.3 is 5.32 Å². The Kier molecular flexibility index (Phi) is 4.46. The van der Waals surface area contributed by atoms with Crippen LogP contribution in [0.5, 0.6) is 0 Å². The first-order valence-corrected chi connectivity index (χ1v) is 7.01. The summed E-state index contributed by atoms with van der Waals surface area (Å²) in [6.45, 7) is 2.94. The molecule has 1 nitrogen and oxygen atoms in total. The second kappa shape index (κ2) is 5.87. The van der Waals surface area contributed by atoms with Gasteiger partial charge in [0.15, 0.2) is 0 Å². The molecule has 0 radical (unpaired) electrons. The minimum atomic E-state index is 0.184. The molecule has 2 aromatic rings. The number of hydrogen-bond donors (Lipinski definition) is 1. The maximum Gasteiger partial charge on any atom is 0.0454 e. The number of rotatable bonds is 4. The highest BCUT2D eigenvalue weighted by molar-refractivity contribution is 7.09. The largest absolute Gasteiger partial charge is 0.305 e. The lowest BCUT2D eigenvalue weighted by molar-refractivity contribution is 0.579. The average molecular weight is 286 g/mol. The second-order valence-corrected chi connectivity index (χ2v) is 5.72. The first kappa shape index (κ1) is 12.9. The van der Waals surface area contributed by atoms with Crippen LogP contribution in [-0.4, -0.2) is 0 Å². The summed E-state index contributed by atoms with van der Waals surface area (Å²) in [5.41, 5.74) is 1.04. The zero-order valence-electron chi connectivity index (χ0n) is 9.41. The van der Waals surface area contributed by atoms with Gasteiger partial charge in [0.25, 0.3) is 0 Å². The molecule has 1 heterocycles. The van der Waals surface area contributed by atoms with E-state index in [0.29, 0.717) is 5.02 Å².